The molecule has 0 radical (unpaired) electrons. The third-order valence-corrected chi connectivity index (χ3v) is 4.08. The van der Waals surface area contributed by atoms with E-state index in [4.69, 9.17) is 11.6 Å². The Balaban J connectivity index is 2.33. The molecule has 0 aliphatic rings. The van der Waals surface area contributed by atoms with E-state index in [1.165, 1.54) is 0 Å². The van der Waals surface area contributed by atoms with Crippen LogP contribution in [0.15, 0.2) is 28.9 Å². The van der Waals surface area contributed by atoms with Gasteiger partial charge in [-0.25, -0.2) is 4.39 Å². The summed E-state index contributed by atoms with van der Waals surface area (Å²) < 4.78 is 16.8. The molecule has 1 heterocycles. The highest BCUT2D eigenvalue weighted by atomic mass is 79.9. The number of hydrogen-bond donors (Lipinski definition) is 1. The molecule has 1 aromatic carbocycles. The second kappa shape index (κ2) is 6.70. The zero-order valence-electron chi connectivity index (χ0n) is 11.3. The minimum Gasteiger partial charge on any atom is -0.309 e. The van der Waals surface area contributed by atoms with Crippen LogP contribution < -0.4 is 5.32 Å². The van der Waals surface area contributed by atoms with Gasteiger partial charge in [-0.3, -0.25) is 4.68 Å². The van der Waals surface area contributed by atoms with Gasteiger partial charge in [-0.2, -0.15) is 5.10 Å². The summed E-state index contributed by atoms with van der Waals surface area (Å²) in [5, 5.41) is 7.73. The fourth-order valence-corrected chi connectivity index (χ4v) is 3.07. The van der Waals surface area contributed by atoms with Crippen molar-refractivity contribution in [1.82, 2.24) is 15.1 Å². The smallest absolute Gasteiger partial charge is 0.145 e. The lowest BCUT2D eigenvalue weighted by atomic mass is 10.0. The molecule has 0 aliphatic heterocycles. The molecule has 2 rings (SSSR count). The molecule has 0 spiro atoms. The molecule has 0 saturated heterocycles. The summed E-state index contributed by atoms with van der Waals surface area (Å²) in [7, 11) is 1.87. The predicted molar refractivity (Wildman–Crippen MR) is 82.4 cm³/mol. The van der Waals surface area contributed by atoms with Crippen LogP contribution in [0, 0.1) is 5.82 Å². The molecule has 1 aromatic heterocycles. The van der Waals surface area contributed by atoms with E-state index in [0.717, 1.165) is 16.7 Å². The van der Waals surface area contributed by atoms with Gasteiger partial charge in [0.15, 0.2) is 0 Å². The molecule has 20 heavy (non-hydrogen) atoms. The highest BCUT2D eigenvalue weighted by Crippen LogP contribution is 2.28. The van der Waals surface area contributed by atoms with E-state index in [2.05, 4.69) is 26.3 Å². The molecule has 3 nitrogen and oxygen atoms in total. The van der Waals surface area contributed by atoms with E-state index >= 15 is 0 Å². The summed E-state index contributed by atoms with van der Waals surface area (Å²) in [4.78, 5) is 0. The van der Waals surface area contributed by atoms with Crippen molar-refractivity contribution in [1.29, 1.82) is 0 Å². The number of nitrogens with zero attached hydrogens (tertiary/aromatic N) is 2. The maximum absolute atomic E-state index is 14.1. The molecule has 1 N–H and O–H groups in total. The van der Waals surface area contributed by atoms with E-state index in [0.29, 0.717) is 12.0 Å². The van der Waals surface area contributed by atoms with Gasteiger partial charge in [0.2, 0.25) is 0 Å². The minimum absolute atomic E-state index is 0.0326. The summed E-state index contributed by atoms with van der Waals surface area (Å²) in [6.45, 7) is 2.80. The molecule has 0 amide bonds. The van der Waals surface area contributed by atoms with E-state index in [1.54, 1.807) is 29.1 Å². The van der Waals surface area contributed by atoms with Gasteiger partial charge in [0, 0.05) is 7.05 Å². The molecule has 0 fully saturated rings. The normalized spacial score (nSPS) is 12.7. The third-order valence-electron chi connectivity index (χ3n) is 3.17. The monoisotopic (exact) mass is 359 g/mol. The molecular weight excluding hydrogens is 345 g/mol. The molecule has 0 aliphatic carbocycles. The molecule has 6 heteroatoms. The van der Waals surface area contributed by atoms with Crippen molar-refractivity contribution in [3.8, 4) is 0 Å². The Kier molecular flexibility index (Phi) is 5.18. The van der Waals surface area contributed by atoms with Crippen LogP contribution in [0.2, 0.25) is 5.02 Å². The van der Waals surface area contributed by atoms with Crippen LogP contribution in [0.5, 0.6) is 0 Å². The van der Waals surface area contributed by atoms with Gasteiger partial charge in [0.05, 0.1) is 27.4 Å². The minimum atomic E-state index is -0.352. The zero-order chi connectivity index (χ0) is 14.7. The molecule has 2 aromatic rings. The Labute approximate surface area is 131 Å². The van der Waals surface area contributed by atoms with Crippen LogP contribution in [-0.2, 0) is 13.5 Å². The van der Waals surface area contributed by atoms with Gasteiger partial charge in [0.25, 0.3) is 0 Å². The van der Waals surface area contributed by atoms with Crippen molar-refractivity contribution in [2.75, 3.05) is 6.54 Å². The average Bonchev–Trinajstić information content (AvgIpc) is 2.74. The first-order chi connectivity index (χ1) is 9.54. The van der Waals surface area contributed by atoms with E-state index in [1.807, 2.05) is 14.0 Å². The van der Waals surface area contributed by atoms with E-state index < -0.39 is 0 Å². The maximum atomic E-state index is 14.1. The number of likely N-dealkylation sites (N-methyl/N-ethyl adjacent to an activating group) is 1. The summed E-state index contributed by atoms with van der Waals surface area (Å²) in [5.74, 6) is -0.352. The lowest BCUT2D eigenvalue weighted by Gasteiger charge is -2.19. The Bertz CT molecular complexity index is 581. The number of nitrogens with one attached hydrogen (secondary N) is 1. The van der Waals surface area contributed by atoms with Crippen LogP contribution in [0.4, 0.5) is 4.39 Å². The summed E-state index contributed by atoms with van der Waals surface area (Å²) >= 11 is 9.33. The van der Waals surface area contributed by atoms with E-state index in [-0.39, 0.29) is 16.9 Å². The summed E-state index contributed by atoms with van der Waals surface area (Å²) in [5.41, 5.74) is 1.59. The number of aryl methyl sites for hydroxylation is 1. The Hall–Kier alpha value is -0.910. The van der Waals surface area contributed by atoms with Crippen molar-refractivity contribution < 1.29 is 4.39 Å². The quantitative estimate of drug-likeness (QED) is 0.877. The number of benzene rings is 1. The first-order valence-corrected chi connectivity index (χ1v) is 7.55. The lowest BCUT2D eigenvalue weighted by molar-refractivity contribution is 0.493. The third kappa shape index (κ3) is 3.22. The summed E-state index contributed by atoms with van der Waals surface area (Å²) in [6, 6.07) is 5.05. The van der Waals surface area contributed by atoms with Crippen LogP contribution in [0.1, 0.15) is 24.2 Å². The highest BCUT2D eigenvalue weighted by Gasteiger charge is 2.20. The fourth-order valence-electron chi connectivity index (χ4n) is 2.25. The van der Waals surface area contributed by atoms with Crippen molar-refractivity contribution in [2.45, 2.75) is 19.4 Å². The molecule has 108 valence electrons. The van der Waals surface area contributed by atoms with Crippen molar-refractivity contribution in [3.63, 3.8) is 0 Å². The topological polar surface area (TPSA) is 29.9 Å². The fraction of sp³-hybridized carbons (Fsp3) is 0.357. The second-order valence-corrected chi connectivity index (χ2v) is 5.79. The SMILES string of the molecule is CCNC(Cc1cccc(Cl)c1F)c1c(Br)cnn1C. The van der Waals surface area contributed by atoms with Crippen LogP contribution in [0.3, 0.4) is 0 Å². The maximum Gasteiger partial charge on any atom is 0.145 e. The van der Waals surface area contributed by atoms with Gasteiger partial charge in [-0.1, -0.05) is 30.7 Å². The van der Waals surface area contributed by atoms with E-state index in [9.17, 15) is 4.39 Å². The first-order valence-electron chi connectivity index (χ1n) is 6.38. The Morgan fingerprint density at radius 3 is 2.85 bits per heavy atom. The van der Waals surface area contributed by atoms with Crippen molar-refractivity contribution in [2.24, 2.45) is 7.05 Å². The number of halogens is 3. The van der Waals surface area contributed by atoms with Gasteiger partial charge in [0.1, 0.15) is 5.82 Å². The average molecular weight is 361 g/mol. The largest absolute Gasteiger partial charge is 0.309 e. The van der Waals surface area contributed by atoms with Crippen molar-refractivity contribution >= 4 is 27.5 Å². The Morgan fingerprint density at radius 1 is 1.50 bits per heavy atom. The highest BCUT2D eigenvalue weighted by molar-refractivity contribution is 9.10. The van der Waals surface area contributed by atoms with Crippen LogP contribution >= 0.6 is 27.5 Å². The molecule has 0 saturated carbocycles. The van der Waals surface area contributed by atoms with Gasteiger partial charge >= 0.3 is 0 Å². The van der Waals surface area contributed by atoms with Gasteiger partial charge in [-0.05, 0) is 40.5 Å². The predicted octanol–water partition coefficient (Wildman–Crippen LogP) is 3.87. The van der Waals surface area contributed by atoms with Crippen molar-refractivity contribution in [3.05, 3.63) is 51.0 Å². The number of rotatable bonds is 5. The van der Waals surface area contributed by atoms with Gasteiger partial charge < -0.3 is 5.32 Å². The summed E-state index contributed by atoms with van der Waals surface area (Å²) in [6.07, 6.45) is 2.26. The Morgan fingerprint density at radius 2 is 2.25 bits per heavy atom. The molecule has 1 atom stereocenters. The second-order valence-electron chi connectivity index (χ2n) is 4.53. The molecular formula is C14H16BrClFN3. The molecule has 0 bridgehead atoms. The number of aromatic nitrogens is 2. The van der Waals surface area contributed by atoms with Crippen LogP contribution in [-0.4, -0.2) is 16.3 Å². The van der Waals surface area contributed by atoms with Crippen LogP contribution in [0.25, 0.3) is 0 Å². The zero-order valence-corrected chi connectivity index (χ0v) is 13.7. The number of hydrogen-bond acceptors (Lipinski definition) is 2. The first kappa shape index (κ1) is 15.5. The lowest BCUT2D eigenvalue weighted by Crippen LogP contribution is -2.26. The standard InChI is InChI=1S/C14H16BrClFN3/c1-3-18-12(14-10(15)8-19-20(14)2)7-9-5-4-6-11(16)13(9)17/h4-6,8,12,18H,3,7H2,1-2H3. The van der Waals surface area contributed by atoms with Gasteiger partial charge in [-0.15, -0.1) is 0 Å². The molecule has 1 unspecified atom stereocenters.